The quantitative estimate of drug-likeness (QED) is 0.772. The van der Waals surface area contributed by atoms with E-state index in [-0.39, 0.29) is 0 Å². The Morgan fingerprint density at radius 2 is 1.85 bits per heavy atom. The van der Waals surface area contributed by atoms with Crippen molar-refractivity contribution in [2.75, 3.05) is 13.7 Å². The SMILES string of the molecule is CCNC(CC(C)CC(C)(C)C)c1ccccc1OC. The molecule has 0 saturated heterocycles. The Morgan fingerprint density at radius 3 is 2.40 bits per heavy atom. The van der Waals surface area contributed by atoms with Crippen molar-refractivity contribution >= 4 is 0 Å². The molecule has 2 heteroatoms. The lowest BCUT2D eigenvalue weighted by Crippen LogP contribution is -2.24. The maximum Gasteiger partial charge on any atom is 0.123 e. The smallest absolute Gasteiger partial charge is 0.123 e. The van der Waals surface area contributed by atoms with Gasteiger partial charge in [0.05, 0.1) is 7.11 Å². The van der Waals surface area contributed by atoms with Gasteiger partial charge in [-0.2, -0.15) is 0 Å². The first kappa shape index (κ1) is 17.0. The Morgan fingerprint density at radius 1 is 1.20 bits per heavy atom. The average molecular weight is 277 g/mol. The molecule has 0 aliphatic carbocycles. The molecular formula is C18H31NO. The number of methoxy groups -OCH3 is 1. The van der Waals surface area contributed by atoms with Gasteiger partial charge >= 0.3 is 0 Å². The predicted molar refractivity (Wildman–Crippen MR) is 87.3 cm³/mol. The van der Waals surface area contributed by atoms with Crippen molar-refractivity contribution in [2.45, 2.75) is 53.5 Å². The standard InChI is InChI=1S/C18H31NO/c1-7-19-16(12-14(2)13-18(3,4)5)15-10-8-9-11-17(15)20-6/h8-11,14,16,19H,7,12-13H2,1-6H3. The Hall–Kier alpha value is -1.02. The van der Waals surface area contributed by atoms with Crippen LogP contribution >= 0.6 is 0 Å². The fraction of sp³-hybridized carbons (Fsp3) is 0.667. The number of para-hydroxylation sites is 1. The lowest BCUT2D eigenvalue weighted by atomic mass is 9.82. The molecule has 0 bridgehead atoms. The van der Waals surface area contributed by atoms with E-state index in [4.69, 9.17) is 4.74 Å². The van der Waals surface area contributed by atoms with Gasteiger partial charge in [-0.15, -0.1) is 0 Å². The molecule has 1 rings (SSSR count). The molecule has 0 heterocycles. The monoisotopic (exact) mass is 277 g/mol. The summed E-state index contributed by atoms with van der Waals surface area (Å²) in [6, 6.07) is 8.72. The van der Waals surface area contributed by atoms with Crippen LogP contribution in [0.1, 0.15) is 59.1 Å². The molecule has 1 aromatic carbocycles. The highest BCUT2D eigenvalue weighted by molar-refractivity contribution is 5.35. The van der Waals surface area contributed by atoms with E-state index in [9.17, 15) is 0 Å². The van der Waals surface area contributed by atoms with Gasteiger partial charge in [0.1, 0.15) is 5.75 Å². The zero-order chi connectivity index (χ0) is 15.2. The van der Waals surface area contributed by atoms with Gasteiger partial charge in [0.25, 0.3) is 0 Å². The van der Waals surface area contributed by atoms with Gasteiger partial charge in [-0.25, -0.2) is 0 Å². The van der Waals surface area contributed by atoms with Crippen LogP contribution in [0.15, 0.2) is 24.3 Å². The first-order chi connectivity index (χ1) is 9.37. The molecule has 0 fully saturated rings. The van der Waals surface area contributed by atoms with Gasteiger partial charge in [-0.05, 0) is 36.8 Å². The minimum absolute atomic E-state index is 0.369. The molecule has 2 unspecified atom stereocenters. The largest absolute Gasteiger partial charge is 0.496 e. The third-order valence-electron chi connectivity index (χ3n) is 3.56. The highest BCUT2D eigenvalue weighted by Gasteiger charge is 2.21. The van der Waals surface area contributed by atoms with E-state index >= 15 is 0 Å². The maximum absolute atomic E-state index is 5.52. The molecule has 1 N–H and O–H groups in total. The molecule has 0 saturated carbocycles. The Balaban J connectivity index is 2.83. The van der Waals surface area contributed by atoms with Crippen molar-refractivity contribution in [2.24, 2.45) is 11.3 Å². The molecule has 0 spiro atoms. The predicted octanol–water partition coefficient (Wildman–Crippen LogP) is 4.81. The molecule has 0 amide bonds. The lowest BCUT2D eigenvalue weighted by molar-refractivity contribution is 0.274. The average Bonchev–Trinajstić information content (AvgIpc) is 2.36. The van der Waals surface area contributed by atoms with E-state index in [2.05, 4.69) is 52.1 Å². The van der Waals surface area contributed by atoms with Gasteiger partial charge in [0.15, 0.2) is 0 Å². The van der Waals surface area contributed by atoms with Crippen LogP contribution in [0.5, 0.6) is 5.75 Å². The second kappa shape index (κ2) is 7.68. The van der Waals surface area contributed by atoms with E-state index in [0.29, 0.717) is 17.4 Å². The van der Waals surface area contributed by atoms with E-state index < -0.39 is 0 Å². The molecule has 20 heavy (non-hydrogen) atoms. The topological polar surface area (TPSA) is 21.3 Å². The van der Waals surface area contributed by atoms with Crippen LogP contribution in [-0.2, 0) is 0 Å². The maximum atomic E-state index is 5.52. The number of hydrogen-bond donors (Lipinski definition) is 1. The van der Waals surface area contributed by atoms with Gasteiger partial charge in [0, 0.05) is 11.6 Å². The summed E-state index contributed by atoms with van der Waals surface area (Å²) in [5.74, 6) is 1.67. The Kier molecular flexibility index (Phi) is 6.54. The van der Waals surface area contributed by atoms with Crippen molar-refractivity contribution in [3.63, 3.8) is 0 Å². The summed E-state index contributed by atoms with van der Waals surface area (Å²) in [5.41, 5.74) is 1.66. The summed E-state index contributed by atoms with van der Waals surface area (Å²) < 4.78 is 5.52. The molecule has 114 valence electrons. The van der Waals surface area contributed by atoms with Crippen LogP contribution in [0.25, 0.3) is 0 Å². The van der Waals surface area contributed by atoms with Gasteiger partial charge in [-0.3, -0.25) is 0 Å². The summed E-state index contributed by atoms with van der Waals surface area (Å²) in [6.45, 7) is 12.4. The molecule has 1 aromatic rings. The molecular weight excluding hydrogens is 246 g/mol. The molecule has 2 atom stereocenters. The van der Waals surface area contributed by atoms with E-state index in [0.717, 1.165) is 18.7 Å². The normalized spacial score (nSPS) is 14.9. The number of hydrogen-bond acceptors (Lipinski definition) is 2. The third kappa shape index (κ3) is 5.54. The molecule has 0 aliphatic heterocycles. The summed E-state index contributed by atoms with van der Waals surface area (Å²) in [5, 5.41) is 3.61. The third-order valence-corrected chi connectivity index (χ3v) is 3.56. The zero-order valence-electron chi connectivity index (χ0n) is 14.0. The fourth-order valence-corrected chi connectivity index (χ4v) is 3.05. The van der Waals surface area contributed by atoms with Crippen LogP contribution in [0, 0.1) is 11.3 Å². The van der Waals surface area contributed by atoms with E-state index in [1.165, 1.54) is 12.0 Å². The zero-order valence-corrected chi connectivity index (χ0v) is 14.0. The fourth-order valence-electron chi connectivity index (χ4n) is 3.05. The molecule has 0 radical (unpaired) electrons. The number of ether oxygens (including phenoxy) is 1. The lowest BCUT2D eigenvalue weighted by Gasteiger charge is -2.28. The van der Waals surface area contributed by atoms with Crippen LogP contribution in [0.4, 0.5) is 0 Å². The van der Waals surface area contributed by atoms with Gasteiger partial charge in [-0.1, -0.05) is 52.8 Å². The van der Waals surface area contributed by atoms with Crippen molar-refractivity contribution < 1.29 is 4.74 Å². The van der Waals surface area contributed by atoms with Crippen molar-refractivity contribution in [1.82, 2.24) is 5.32 Å². The Bertz CT molecular complexity index is 395. The van der Waals surface area contributed by atoms with E-state index in [1.54, 1.807) is 7.11 Å². The molecule has 0 aliphatic rings. The summed E-state index contributed by atoms with van der Waals surface area (Å²) in [7, 11) is 1.75. The number of benzene rings is 1. The first-order valence-corrected chi connectivity index (χ1v) is 7.73. The summed E-state index contributed by atoms with van der Waals surface area (Å²) in [6.07, 6.45) is 2.38. The van der Waals surface area contributed by atoms with Crippen LogP contribution in [0.2, 0.25) is 0 Å². The van der Waals surface area contributed by atoms with Crippen molar-refractivity contribution in [3.05, 3.63) is 29.8 Å². The molecule has 0 aromatic heterocycles. The Labute approximate surface area is 124 Å². The minimum atomic E-state index is 0.369. The second-order valence-electron chi connectivity index (χ2n) is 6.96. The highest BCUT2D eigenvalue weighted by atomic mass is 16.5. The van der Waals surface area contributed by atoms with Crippen LogP contribution < -0.4 is 10.1 Å². The van der Waals surface area contributed by atoms with Gasteiger partial charge < -0.3 is 10.1 Å². The van der Waals surface area contributed by atoms with Crippen LogP contribution in [-0.4, -0.2) is 13.7 Å². The van der Waals surface area contributed by atoms with Crippen molar-refractivity contribution in [1.29, 1.82) is 0 Å². The van der Waals surface area contributed by atoms with Crippen LogP contribution in [0.3, 0.4) is 0 Å². The number of rotatable bonds is 7. The second-order valence-corrected chi connectivity index (χ2v) is 6.96. The highest BCUT2D eigenvalue weighted by Crippen LogP contribution is 2.33. The van der Waals surface area contributed by atoms with Crippen molar-refractivity contribution in [3.8, 4) is 5.75 Å². The minimum Gasteiger partial charge on any atom is -0.496 e. The molecule has 2 nitrogen and oxygen atoms in total. The number of nitrogens with one attached hydrogen (secondary N) is 1. The summed E-state index contributed by atoms with van der Waals surface area (Å²) in [4.78, 5) is 0. The summed E-state index contributed by atoms with van der Waals surface area (Å²) >= 11 is 0. The van der Waals surface area contributed by atoms with Gasteiger partial charge in [0.2, 0.25) is 0 Å². The first-order valence-electron chi connectivity index (χ1n) is 7.73. The van der Waals surface area contributed by atoms with E-state index in [1.807, 2.05) is 12.1 Å².